The molecule has 0 saturated heterocycles. The lowest BCUT2D eigenvalue weighted by atomic mass is 10.1. The fourth-order valence-corrected chi connectivity index (χ4v) is 2.45. The number of ether oxygens (including phenoxy) is 1. The van der Waals surface area contributed by atoms with Gasteiger partial charge in [0.05, 0.1) is 19.3 Å². The van der Waals surface area contributed by atoms with Gasteiger partial charge in [0.15, 0.2) is 0 Å². The smallest absolute Gasteiger partial charge is 0.119 e. The first-order chi connectivity index (χ1) is 8.26. The van der Waals surface area contributed by atoms with Crippen molar-refractivity contribution >= 4 is 0 Å². The van der Waals surface area contributed by atoms with E-state index < -0.39 is 0 Å². The second kappa shape index (κ2) is 5.49. The minimum Gasteiger partial charge on any atom is -0.508 e. The molecule has 3 N–H and O–H groups in total. The molecule has 0 bridgehead atoms. The molecule has 0 spiro atoms. The third kappa shape index (κ3) is 2.60. The zero-order valence-corrected chi connectivity index (χ0v) is 10.0. The van der Waals surface area contributed by atoms with Gasteiger partial charge < -0.3 is 20.3 Å². The van der Waals surface area contributed by atoms with E-state index in [1.54, 1.807) is 13.2 Å². The molecule has 0 heterocycles. The first kappa shape index (κ1) is 12.4. The summed E-state index contributed by atoms with van der Waals surface area (Å²) in [5.41, 5.74) is 2.17. The summed E-state index contributed by atoms with van der Waals surface area (Å²) in [7, 11) is 1.62. The van der Waals surface area contributed by atoms with Crippen LogP contribution in [0.2, 0.25) is 0 Å². The number of rotatable bonds is 5. The van der Waals surface area contributed by atoms with Crippen LogP contribution in [0.15, 0.2) is 18.2 Å². The Morgan fingerprint density at radius 1 is 1.53 bits per heavy atom. The number of aliphatic hydroxyl groups excluding tert-OH is 1. The predicted octanol–water partition coefficient (Wildman–Crippen LogP) is 0.976. The summed E-state index contributed by atoms with van der Waals surface area (Å²) in [6.45, 7) is 0.541. The lowest BCUT2D eigenvalue weighted by molar-refractivity contribution is 0.122. The van der Waals surface area contributed by atoms with E-state index in [1.807, 2.05) is 12.1 Å². The summed E-state index contributed by atoms with van der Waals surface area (Å²) in [6.07, 6.45) is 1.83. The Hall–Kier alpha value is -1.10. The number of hydrogen-bond acceptors (Lipinski definition) is 4. The molecule has 0 amide bonds. The molecule has 1 aliphatic carbocycles. The molecule has 2 rings (SSSR count). The number of nitrogens with one attached hydrogen (secondary N) is 1. The lowest BCUT2D eigenvalue weighted by Crippen LogP contribution is -2.38. The molecule has 4 heteroatoms. The number of phenolic OH excluding ortho intramolecular Hbond substituents is 1. The Kier molecular flexibility index (Phi) is 3.99. The Morgan fingerprint density at radius 2 is 2.35 bits per heavy atom. The maximum Gasteiger partial charge on any atom is 0.119 e. The maximum atomic E-state index is 9.74. The van der Waals surface area contributed by atoms with Crippen LogP contribution in [0, 0.1) is 0 Å². The van der Waals surface area contributed by atoms with Gasteiger partial charge in [-0.2, -0.15) is 0 Å². The third-order valence-corrected chi connectivity index (χ3v) is 3.27. The van der Waals surface area contributed by atoms with Gasteiger partial charge in [0.1, 0.15) is 5.75 Å². The van der Waals surface area contributed by atoms with Crippen molar-refractivity contribution in [3.63, 3.8) is 0 Å². The van der Waals surface area contributed by atoms with Crippen LogP contribution in [0.4, 0.5) is 0 Å². The van der Waals surface area contributed by atoms with Gasteiger partial charge in [0.25, 0.3) is 0 Å². The minimum atomic E-state index is -0.0571. The summed E-state index contributed by atoms with van der Waals surface area (Å²) in [6, 6.07) is 5.75. The van der Waals surface area contributed by atoms with E-state index in [0.29, 0.717) is 12.4 Å². The highest BCUT2D eigenvalue weighted by Gasteiger charge is 2.26. The van der Waals surface area contributed by atoms with Gasteiger partial charge >= 0.3 is 0 Å². The summed E-state index contributed by atoms with van der Waals surface area (Å²) in [5.74, 6) is 0.374. The lowest BCUT2D eigenvalue weighted by Gasteiger charge is -2.21. The molecule has 94 valence electrons. The molecule has 0 saturated carbocycles. The highest BCUT2D eigenvalue weighted by atomic mass is 16.5. The van der Waals surface area contributed by atoms with E-state index in [2.05, 4.69) is 5.32 Å². The van der Waals surface area contributed by atoms with Gasteiger partial charge in [-0.3, -0.25) is 0 Å². The standard InChI is InChI=1S/C13H19NO3/c1-17-8-9(7-15)14-12-6-5-11-10(12)3-2-4-13(11)16/h2-4,9,12,14-16H,5-8H2,1H3. The molecule has 4 nitrogen and oxygen atoms in total. The number of aromatic hydroxyl groups is 1. The van der Waals surface area contributed by atoms with Crippen molar-refractivity contribution in [3.8, 4) is 5.75 Å². The van der Waals surface area contributed by atoms with E-state index in [1.165, 1.54) is 0 Å². The van der Waals surface area contributed by atoms with Gasteiger partial charge in [-0.05, 0) is 30.0 Å². The average Bonchev–Trinajstić information content (AvgIpc) is 2.73. The molecule has 2 unspecified atom stereocenters. The highest BCUT2D eigenvalue weighted by molar-refractivity contribution is 5.44. The molecular formula is C13H19NO3. The first-order valence-electron chi connectivity index (χ1n) is 5.93. The van der Waals surface area contributed by atoms with Crippen molar-refractivity contribution in [3.05, 3.63) is 29.3 Å². The molecule has 1 aromatic carbocycles. The second-order valence-electron chi connectivity index (χ2n) is 4.44. The molecule has 0 aliphatic heterocycles. The zero-order valence-electron chi connectivity index (χ0n) is 10.0. The number of benzene rings is 1. The van der Waals surface area contributed by atoms with Crippen LogP contribution in [-0.4, -0.2) is 36.6 Å². The van der Waals surface area contributed by atoms with Crippen LogP contribution in [-0.2, 0) is 11.2 Å². The molecule has 2 atom stereocenters. The van der Waals surface area contributed by atoms with Gasteiger partial charge in [-0.1, -0.05) is 12.1 Å². The van der Waals surface area contributed by atoms with Crippen LogP contribution < -0.4 is 5.32 Å². The first-order valence-corrected chi connectivity index (χ1v) is 5.93. The molecule has 1 aliphatic rings. The normalized spacial score (nSPS) is 20.2. The largest absolute Gasteiger partial charge is 0.508 e. The Balaban J connectivity index is 2.09. The fourth-order valence-electron chi connectivity index (χ4n) is 2.45. The summed E-state index contributed by atoms with van der Waals surface area (Å²) >= 11 is 0. The van der Waals surface area contributed by atoms with Crippen molar-refractivity contribution in [1.82, 2.24) is 5.32 Å². The van der Waals surface area contributed by atoms with E-state index in [-0.39, 0.29) is 18.7 Å². The maximum absolute atomic E-state index is 9.74. The average molecular weight is 237 g/mol. The minimum absolute atomic E-state index is 0.0541. The molecule has 0 fully saturated rings. The van der Waals surface area contributed by atoms with Gasteiger partial charge in [0.2, 0.25) is 0 Å². The second-order valence-corrected chi connectivity index (χ2v) is 4.44. The molecular weight excluding hydrogens is 218 g/mol. The van der Waals surface area contributed by atoms with E-state index in [9.17, 15) is 10.2 Å². The number of fused-ring (bicyclic) bond motifs is 1. The number of hydrogen-bond donors (Lipinski definition) is 3. The van der Waals surface area contributed by atoms with Crippen molar-refractivity contribution in [2.24, 2.45) is 0 Å². The van der Waals surface area contributed by atoms with E-state index in [0.717, 1.165) is 24.0 Å². The molecule has 0 aromatic heterocycles. The number of phenols is 1. The zero-order chi connectivity index (χ0) is 12.3. The van der Waals surface area contributed by atoms with Crippen molar-refractivity contribution in [1.29, 1.82) is 0 Å². The monoisotopic (exact) mass is 237 g/mol. The number of aliphatic hydroxyl groups is 1. The number of methoxy groups -OCH3 is 1. The van der Waals surface area contributed by atoms with Crippen LogP contribution in [0.25, 0.3) is 0 Å². The Labute approximate surface area is 101 Å². The third-order valence-electron chi connectivity index (χ3n) is 3.27. The summed E-state index contributed by atoms with van der Waals surface area (Å²) < 4.78 is 5.04. The SMILES string of the molecule is COCC(CO)NC1CCc2c(O)cccc21. The van der Waals surface area contributed by atoms with Crippen LogP contribution >= 0.6 is 0 Å². The van der Waals surface area contributed by atoms with Crippen molar-refractivity contribution < 1.29 is 14.9 Å². The van der Waals surface area contributed by atoms with Crippen LogP contribution in [0.1, 0.15) is 23.6 Å². The molecule has 17 heavy (non-hydrogen) atoms. The fraction of sp³-hybridized carbons (Fsp3) is 0.538. The molecule has 0 radical (unpaired) electrons. The van der Waals surface area contributed by atoms with Crippen LogP contribution in [0.5, 0.6) is 5.75 Å². The van der Waals surface area contributed by atoms with E-state index in [4.69, 9.17) is 4.74 Å². The van der Waals surface area contributed by atoms with Gasteiger partial charge in [0, 0.05) is 13.2 Å². The Bertz CT molecular complexity index is 381. The summed E-state index contributed by atoms with van der Waals surface area (Å²) in [4.78, 5) is 0. The van der Waals surface area contributed by atoms with Crippen LogP contribution in [0.3, 0.4) is 0 Å². The molecule has 1 aromatic rings. The van der Waals surface area contributed by atoms with Gasteiger partial charge in [-0.15, -0.1) is 0 Å². The predicted molar refractivity (Wildman–Crippen MR) is 65.1 cm³/mol. The highest BCUT2D eigenvalue weighted by Crippen LogP contribution is 2.36. The quantitative estimate of drug-likeness (QED) is 0.714. The van der Waals surface area contributed by atoms with Crippen molar-refractivity contribution in [2.75, 3.05) is 20.3 Å². The Morgan fingerprint density at radius 3 is 3.06 bits per heavy atom. The van der Waals surface area contributed by atoms with E-state index >= 15 is 0 Å². The summed E-state index contributed by atoms with van der Waals surface area (Å²) in [5, 5.41) is 22.3. The van der Waals surface area contributed by atoms with Gasteiger partial charge in [-0.25, -0.2) is 0 Å². The topological polar surface area (TPSA) is 61.7 Å². The van der Waals surface area contributed by atoms with Crippen molar-refractivity contribution in [2.45, 2.75) is 24.9 Å².